The molecular weight excluding hydrogens is 557 g/mol. The highest BCUT2D eigenvalue weighted by Gasteiger charge is 2.49. The largest absolute Gasteiger partial charge is 0.378 e. The van der Waals surface area contributed by atoms with Crippen molar-refractivity contribution in [3.8, 4) is 0 Å². The second kappa shape index (κ2) is 15.7. The molecule has 2 aromatic heterocycles. The Kier molecular flexibility index (Phi) is 13.0. The van der Waals surface area contributed by atoms with Crippen LogP contribution in [0.15, 0.2) is 11.1 Å². The maximum absolute atomic E-state index is 12.4. The van der Waals surface area contributed by atoms with Crippen LogP contribution in [0.25, 0.3) is 11.2 Å². The first-order valence-corrected chi connectivity index (χ1v) is 16.0. The summed E-state index contributed by atoms with van der Waals surface area (Å²) in [6.07, 6.45) is 0.962. The molecule has 0 radical (unpaired) electrons. The first-order valence-electron chi connectivity index (χ1n) is 13.9. The standard InChI is InChI=1S/C26H44N5O7PS/c1-9-19-22(23(34-8)26(37-19)30-15-27-21-24(30)28-18(7)29-25(21)33)38-39(31(16(3)4)17(5)6)36-12-11-35-13-14-40-20(32)10-2/h15-17,19,22-23,26H,9-14H2,1-8H3,(H,28,29,33)/t19-,22?,23+,26-,39?/m1/s1. The van der Waals surface area contributed by atoms with E-state index in [4.69, 9.17) is 23.3 Å². The van der Waals surface area contributed by atoms with Crippen LogP contribution in [0.1, 0.15) is 66.4 Å². The van der Waals surface area contributed by atoms with E-state index in [1.807, 2.05) is 13.8 Å². The highest BCUT2D eigenvalue weighted by Crippen LogP contribution is 2.50. The van der Waals surface area contributed by atoms with Crippen LogP contribution in [0.4, 0.5) is 0 Å². The molecule has 3 heterocycles. The molecule has 1 aliphatic heterocycles. The Balaban J connectivity index is 1.77. The van der Waals surface area contributed by atoms with Gasteiger partial charge in [-0.2, -0.15) is 0 Å². The first kappa shape index (κ1) is 33.1. The van der Waals surface area contributed by atoms with Crippen molar-refractivity contribution in [1.29, 1.82) is 0 Å². The van der Waals surface area contributed by atoms with Crippen LogP contribution in [0, 0.1) is 6.92 Å². The van der Waals surface area contributed by atoms with E-state index in [-0.39, 0.29) is 34.4 Å². The van der Waals surface area contributed by atoms with Crippen LogP contribution in [0.2, 0.25) is 0 Å². The van der Waals surface area contributed by atoms with Crippen LogP contribution in [-0.2, 0) is 28.1 Å². The summed E-state index contributed by atoms with van der Waals surface area (Å²) >= 11 is 1.29. The van der Waals surface area contributed by atoms with Gasteiger partial charge in [0.1, 0.15) is 18.0 Å². The van der Waals surface area contributed by atoms with Gasteiger partial charge in [-0.3, -0.25) is 14.2 Å². The van der Waals surface area contributed by atoms with Crippen molar-refractivity contribution in [3.05, 3.63) is 22.5 Å². The van der Waals surface area contributed by atoms with E-state index in [0.29, 0.717) is 49.9 Å². The molecule has 0 spiro atoms. The number of H-pyrrole nitrogens is 1. The number of aromatic amines is 1. The van der Waals surface area contributed by atoms with E-state index in [1.165, 1.54) is 11.8 Å². The third-order valence-electron chi connectivity index (χ3n) is 6.45. The van der Waals surface area contributed by atoms with Crippen molar-refractivity contribution in [1.82, 2.24) is 24.2 Å². The molecule has 5 atom stereocenters. The van der Waals surface area contributed by atoms with Crippen LogP contribution in [0.3, 0.4) is 0 Å². The number of nitrogens with one attached hydrogen (secondary N) is 1. The average Bonchev–Trinajstić information content (AvgIpc) is 3.48. The van der Waals surface area contributed by atoms with Crippen molar-refractivity contribution in [3.63, 3.8) is 0 Å². The second-order valence-corrected chi connectivity index (χ2v) is 12.6. The molecule has 0 aliphatic carbocycles. The van der Waals surface area contributed by atoms with Gasteiger partial charge in [0.05, 0.1) is 32.3 Å². The maximum Gasteiger partial charge on any atom is 0.279 e. The van der Waals surface area contributed by atoms with E-state index in [0.717, 1.165) is 0 Å². The molecule has 12 nitrogen and oxygen atoms in total. The Morgan fingerprint density at radius 2 is 1.93 bits per heavy atom. The molecule has 0 bridgehead atoms. The van der Waals surface area contributed by atoms with Crippen molar-refractivity contribution in [2.45, 2.75) is 97.9 Å². The summed E-state index contributed by atoms with van der Waals surface area (Å²) in [5, 5.41) is 0.165. The van der Waals surface area contributed by atoms with Crippen LogP contribution >= 0.6 is 20.3 Å². The van der Waals surface area contributed by atoms with Gasteiger partial charge in [-0.15, -0.1) is 0 Å². The minimum absolute atomic E-state index is 0.165. The van der Waals surface area contributed by atoms with Crippen LogP contribution in [0.5, 0.6) is 0 Å². The Hall–Kier alpha value is -1.44. The van der Waals surface area contributed by atoms with E-state index < -0.39 is 27.0 Å². The van der Waals surface area contributed by atoms with Gasteiger partial charge in [0.15, 0.2) is 22.5 Å². The lowest BCUT2D eigenvalue weighted by molar-refractivity contribution is -0.110. The van der Waals surface area contributed by atoms with Crippen molar-refractivity contribution < 1.29 is 28.1 Å². The monoisotopic (exact) mass is 601 g/mol. The summed E-state index contributed by atoms with van der Waals surface area (Å²) in [5.41, 5.74) is 0.381. The molecule has 1 N–H and O–H groups in total. The second-order valence-electron chi connectivity index (χ2n) is 10.0. The van der Waals surface area contributed by atoms with Crippen molar-refractivity contribution in [2.24, 2.45) is 0 Å². The Bertz CT molecular complexity index is 1140. The molecule has 1 saturated heterocycles. The zero-order valence-electron chi connectivity index (χ0n) is 24.8. The fraction of sp³-hybridized carbons (Fsp3) is 0.769. The van der Waals surface area contributed by atoms with Crippen molar-refractivity contribution >= 4 is 36.6 Å². The van der Waals surface area contributed by atoms with Gasteiger partial charge in [0.2, 0.25) is 0 Å². The smallest absolute Gasteiger partial charge is 0.279 e. The van der Waals surface area contributed by atoms with E-state index in [1.54, 1.807) is 24.9 Å². The topological polar surface area (TPSA) is 130 Å². The lowest BCUT2D eigenvalue weighted by Crippen LogP contribution is -2.39. The lowest BCUT2D eigenvalue weighted by atomic mass is 10.1. The molecule has 14 heteroatoms. The van der Waals surface area contributed by atoms with Crippen molar-refractivity contribution in [2.75, 3.05) is 32.7 Å². The fourth-order valence-electron chi connectivity index (χ4n) is 4.68. The number of hydrogen-bond donors (Lipinski definition) is 1. The number of aryl methyl sites for hydroxylation is 1. The minimum Gasteiger partial charge on any atom is -0.378 e. The number of nitrogens with zero attached hydrogens (tertiary/aromatic N) is 4. The number of methoxy groups -OCH3 is 1. The normalized spacial score (nSPS) is 22.3. The molecule has 3 rings (SSSR count). The predicted molar refractivity (Wildman–Crippen MR) is 156 cm³/mol. The van der Waals surface area contributed by atoms with E-state index in [2.05, 4.69) is 47.3 Å². The summed E-state index contributed by atoms with van der Waals surface area (Å²) in [4.78, 5) is 35.4. The van der Waals surface area contributed by atoms with Gasteiger partial charge >= 0.3 is 0 Å². The molecule has 226 valence electrons. The molecule has 0 saturated carbocycles. The van der Waals surface area contributed by atoms with Gasteiger partial charge in [-0.05, 0) is 41.0 Å². The lowest BCUT2D eigenvalue weighted by Gasteiger charge is -2.38. The summed E-state index contributed by atoms with van der Waals surface area (Å²) in [5.74, 6) is 1.12. The van der Waals surface area contributed by atoms with Crippen LogP contribution < -0.4 is 5.56 Å². The number of carbonyl (C=O) groups excluding carboxylic acids is 1. The van der Waals surface area contributed by atoms with E-state index >= 15 is 0 Å². The Morgan fingerprint density at radius 1 is 1.20 bits per heavy atom. The van der Waals surface area contributed by atoms with Gasteiger partial charge < -0.3 is 28.2 Å². The third kappa shape index (κ3) is 8.10. The quantitative estimate of drug-likeness (QED) is 0.220. The first-order chi connectivity index (χ1) is 19.1. The minimum atomic E-state index is -1.50. The highest BCUT2D eigenvalue weighted by molar-refractivity contribution is 8.13. The molecule has 0 amide bonds. The molecule has 1 aliphatic rings. The Labute approximate surface area is 241 Å². The zero-order valence-corrected chi connectivity index (χ0v) is 26.5. The number of thioether (sulfide) groups is 1. The maximum atomic E-state index is 12.4. The number of aromatic nitrogens is 4. The van der Waals surface area contributed by atoms with Gasteiger partial charge in [0, 0.05) is 31.4 Å². The summed E-state index contributed by atoms with van der Waals surface area (Å²) in [6, 6.07) is 0.332. The molecule has 2 aromatic rings. The van der Waals surface area contributed by atoms with Gasteiger partial charge in [0.25, 0.3) is 14.1 Å². The summed E-state index contributed by atoms with van der Waals surface area (Å²) < 4.78 is 35.2. The number of rotatable bonds is 16. The predicted octanol–water partition coefficient (Wildman–Crippen LogP) is 4.18. The molecular formula is C26H44N5O7PS. The number of carbonyl (C=O) groups is 1. The molecule has 40 heavy (non-hydrogen) atoms. The third-order valence-corrected chi connectivity index (χ3v) is 9.56. The molecule has 2 unspecified atom stereocenters. The summed E-state index contributed by atoms with van der Waals surface area (Å²) in [6.45, 7) is 15.3. The fourth-order valence-corrected chi connectivity index (χ4v) is 7.07. The zero-order chi connectivity index (χ0) is 29.4. The average molecular weight is 602 g/mol. The number of imidazole rings is 1. The number of hydrogen-bond acceptors (Lipinski definition) is 11. The van der Waals surface area contributed by atoms with Gasteiger partial charge in [-0.1, -0.05) is 25.6 Å². The summed E-state index contributed by atoms with van der Waals surface area (Å²) in [7, 11) is 0.127. The van der Waals surface area contributed by atoms with E-state index in [9.17, 15) is 9.59 Å². The SMILES string of the molecule is CCC(=O)SCCOCCOP(OC1[C@@H](CC)O[C@@H](n2cnc3c(=O)[nH]c(C)nc32)[C@H]1OC)N(C(C)C)C(C)C. The highest BCUT2D eigenvalue weighted by atomic mass is 32.2. The van der Waals surface area contributed by atoms with Crippen LogP contribution in [-0.4, -0.2) is 92.4 Å². The Morgan fingerprint density at radius 3 is 2.55 bits per heavy atom. The van der Waals surface area contributed by atoms with Gasteiger partial charge in [-0.25, -0.2) is 14.6 Å². The molecule has 0 aromatic carbocycles. The number of ether oxygens (including phenoxy) is 3. The number of fused-ring (bicyclic) bond motifs is 1. The molecule has 1 fully saturated rings.